The summed E-state index contributed by atoms with van der Waals surface area (Å²) in [5.74, 6) is 0. The summed E-state index contributed by atoms with van der Waals surface area (Å²) in [6.07, 6.45) is 8.50. The fourth-order valence-corrected chi connectivity index (χ4v) is 1.38. The molecular weight excluding hydrogens is 188 g/mol. The zero-order valence-corrected chi connectivity index (χ0v) is 8.30. The van der Waals surface area contributed by atoms with Gasteiger partial charge in [-0.05, 0) is 24.5 Å². The predicted molar refractivity (Wildman–Crippen MR) is 58.1 cm³/mol. The van der Waals surface area contributed by atoms with Crippen molar-refractivity contribution in [1.82, 2.24) is 15.0 Å². The number of hydrogen-bond donors (Lipinski definition) is 1. The SMILES string of the molecule is Nc1cncnc1CCc1cccnc1. The molecule has 0 aliphatic carbocycles. The maximum Gasteiger partial charge on any atom is 0.115 e. The van der Waals surface area contributed by atoms with Gasteiger partial charge in [0, 0.05) is 12.4 Å². The van der Waals surface area contributed by atoms with Gasteiger partial charge in [-0.2, -0.15) is 0 Å². The standard InChI is InChI=1S/C11H12N4/c12-10-7-14-8-15-11(10)4-3-9-2-1-5-13-6-9/h1-2,5-8H,3-4,12H2. The van der Waals surface area contributed by atoms with Crippen LogP contribution in [0.25, 0.3) is 0 Å². The van der Waals surface area contributed by atoms with E-state index in [1.54, 1.807) is 12.4 Å². The minimum absolute atomic E-state index is 0.654. The first kappa shape index (κ1) is 9.58. The quantitative estimate of drug-likeness (QED) is 0.809. The van der Waals surface area contributed by atoms with Crippen LogP contribution in [0.2, 0.25) is 0 Å². The Kier molecular flexibility index (Phi) is 2.88. The number of pyridine rings is 1. The van der Waals surface area contributed by atoms with Gasteiger partial charge >= 0.3 is 0 Å². The lowest BCUT2D eigenvalue weighted by Crippen LogP contribution is -2.00. The second-order valence-electron chi connectivity index (χ2n) is 3.29. The Morgan fingerprint density at radius 3 is 2.80 bits per heavy atom. The molecule has 2 rings (SSSR count). The van der Waals surface area contributed by atoms with E-state index in [0.717, 1.165) is 18.5 Å². The van der Waals surface area contributed by atoms with Gasteiger partial charge in [0.15, 0.2) is 0 Å². The number of nitrogens with two attached hydrogens (primary N) is 1. The topological polar surface area (TPSA) is 64.7 Å². The monoisotopic (exact) mass is 200 g/mol. The lowest BCUT2D eigenvalue weighted by molar-refractivity contribution is 0.899. The summed E-state index contributed by atoms with van der Waals surface area (Å²) < 4.78 is 0. The van der Waals surface area contributed by atoms with Crippen molar-refractivity contribution in [3.05, 3.63) is 48.3 Å². The lowest BCUT2D eigenvalue weighted by Gasteiger charge is -2.02. The van der Waals surface area contributed by atoms with Crippen LogP contribution in [0.4, 0.5) is 5.69 Å². The largest absolute Gasteiger partial charge is 0.396 e. The third-order valence-electron chi connectivity index (χ3n) is 2.20. The van der Waals surface area contributed by atoms with Crippen molar-refractivity contribution in [1.29, 1.82) is 0 Å². The Bertz CT molecular complexity index is 428. The van der Waals surface area contributed by atoms with Crippen molar-refractivity contribution in [2.45, 2.75) is 12.8 Å². The van der Waals surface area contributed by atoms with E-state index in [1.807, 2.05) is 18.3 Å². The van der Waals surface area contributed by atoms with Crippen molar-refractivity contribution >= 4 is 5.69 Å². The molecule has 0 saturated heterocycles. The van der Waals surface area contributed by atoms with E-state index < -0.39 is 0 Å². The van der Waals surface area contributed by atoms with E-state index in [-0.39, 0.29) is 0 Å². The molecule has 0 unspecified atom stereocenters. The maximum atomic E-state index is 5.74. The van der Waals surface area contributed by atoms with Gasteiger partial charge in [0.05, 0.1) is 17.6 Å². The number of aromatic nitrogens is 3. The third-order valence-corrected chi connectivity index (χ3v) is 2.20. The molecule has 0 spiro atoms. The van der Waals surface area contributed by atoms with Crippen LogP contribution in [0, 0.1) is 0 Å². The number of rotatable bonds is 3. The van der Waals surface area contributed by atoms with Crippen LogP contribution in [-0.4, -0.2) is 15.0 Å². The lowest BCUT2D eigenvalue weighted by atomic mass is 10.1. The highest BCUT2D eigenvalue weighted by atomic mass is 14.9. The number of nitrogens with zero attached hydrogens (tertiary/aromatic N) is 3. The first-order valence-corrected chi connectivity index (χ1v) is 4.79. The molecule has 2 N–H and O–H groups in total. The summed E-state index contributed by atoms with van der Waals surface area (Å²) in [6, 6.07) is 3.98. The molecule has 15 heavy (non-hydrogen) atoms. The normalized spacial score (nSPS) is 10.1. The minimum atomic E-state index is 0.654. The van der Waals surface area contributed by atoms with Gasteiger partial charge in [0.25, 0.3) is 0 Å². The highest BCUT2D eigenvalue weighted by Gasteiger charge is 2.00. The average Bonchev–Trinajstić information content (AvgIpc) is 2.29. The van der Waals surface area contributed by atoms with Gasteiger partial charge in [0.1, 0.15) is 6.33 Å². The van der Waals surface area contributed by atoms with Crippen LogP contribution in [0.1, 0.15) is 11.3 Å². The molecule has 2 aromatic heterocycles. The zero-order valence-electron chi connectivity index (χ0n) is 8.30. The average molecular weight is 200 g/mol. The van der Waals surface area contributed by atoms with Gasteiger partial charge in [0.2, 0.25) is 0 Å². The maximum absolute atomic E-state index is 5.74. The molecule has 0 saturated carbocycles. The third kappa shape index (κ3) is 2.49. The van der Waals surface area contributed by atoms with Gasteiger partial charge in [-0.15, -0.1) is 0 Å². The van der Waals surface area contributed by atoms with Crippen LogP contribution in [0.3, 0.4) is 0 Å². The van der Waals surface area contributed by atoms with Gasteiger partial charge in [-0.1, -0.05) is 6.07 Å². The summed E-state index contributed by atoms with van der Waals surface area (Å²) in [4.78, 5) is 12.0. The molecule has 0 fully saturated rings. The van der Waals surface area contributed by atoms with E-state index >= 15 is 0 Å². The summed E-state index contributed by atoms with van der Waals surface area (Å²) in [7, 11) is 0. The second kappa shape index (κ2) is 4.50. The molecule has 0 aromatic carbocycles. The smallest absolute Gasteiger partial charge is 0.115 e. The van der Waals surface area contributed by atoms with Crippen molar-refractivity contribution in [2.24, 2.45) is 0 Å². The first-order valence-electron chi connectivity index (χ1n) is 4.79. The first-order chi connectivity index (χ1) is 7.36. The van der Waals surface area contributed by atoms with Crippen LogP contribution in [-0.2, 0) is 12.8 Å². The van der Waals surface area contributed by atoms with Crippen LogP contribution < -0.4 is 5.73 Å². The molecule has 2 aromatic rings. The predicted octanol–water partition coefficient (Wildman–Crippen LogP) is 1.24. The molecule has 0 radical (unpaired) electrons. The summed E-state index contributed by atoms with van der Waals surface area (Å²) in [6.45, 7) is 0. The molecular formula is C11H12N4. The highest BCUT2D eigenvalue weighted by molar-refractivity contribution is 5.39. The molecule has 2 heterocycles. The van der Waals surface area contributed by atoms with Gasteiger partial charge < -0.3 is 5.73 Å². The Morgan fingerprint density at radius 1 is 1.13 bits per heavy atom. The van der Waals surface area contributed by atoms with E-state index in [1.165, 1.54) is 11.9 Å². The number of anilines is 1. The van der Waals surface area contributed by atoms with E-state index in [2.05, 4.69) is 15.0 Å². The Hall–Kier alpha value is -1.97. The second-order valence-corrected chi connectivity index (χ2v) is 3.29. The van der Waals surface area contributed by atoms with Gasteiger partial charge in [-0.3, -0.25) is 4.98 Å². The fraction of sp³-hybridized carbons (Fsp3) is 0.182. The van der Waals surface area contributed by atoms with E-state index in [0.29, 0.717) is 5.69 Å². The molecule has 0 aliphatic heterocycles. The molecule has 0 aliphatic rings. The van der Waals surface area contributed by atoms with E-state index in [9.17, 15) is 0 Å². The minimum Gasteiger partial charge on any atom is -0.396 e. The van der Waals surface area contributed by atoms with Crippen molar-refractivity contribution in [3.8, 4) is 0 Å². The number of hydrogen-bond acceptors (Lipinski definition) is 4. The summed E-state index contributed by atoms with van der Waals surface area (Å²) in [5, 5.41) is 0. The number of aryl methyl sites for hydroxylation is 2. The van der Waals surface area contributed by atoms with Crippen molar-refractivity contribution in [2.75, 3.05) is 5.73 Å². The van der Waals surface area contributed by atoms with Crippen LogP contribution >= 0.6 is 0 Å². The molecule has 0 bridgehead atoms. The van der Waals surface area contributed by atoms with Crippen LogP contribution in [0.15, 0.2) is 37.1 Å². The Balaban J connectivity index is 2.03. The fourth-order valence-electron chi connectivity index (χ4n) is 1.38. The molecule has 0 amide bonds. The van der Waals surface area contributed by atoms with Crippen molar-refractivity contribution < 1.29 is 0 Å². The number of nitrogen functional groups attached to an aromatic ring is 1. The summed E-state index contributed by atoms with van der Waals surface area (Å²) in [5.41, 5.74) is 8.49. The molecule has 4 heteroatoms. The molecule has 4 nitrogen and oxygen atoms in total. The Labute approximate surface area is 88.2 Å². The molecule has 76 valence electrons. The summed E-state index contributed by atoms with van der Waals surface area (Å²) >= 11 is 0. The van der Waals surface area contributed by atoms with Crippen molar-refractivity contribution in [3.63, 3.8) is 0 Å². The highest BCUT2D eigenvalue weighted by Crippen LogP contribution is 2.09. The molecule has 0 atom stereocenters. The Morgan fingerprint density at radius 2 is 2.07 bits per heavy atom. The van der Waals surface area contributed by atoms with Gasteiger partial charge in [-0.25, -0.2) is 9.97 Å². The van der Waals surface area contributed by atoms with E-state index in [4.69, 9.17) is 5.73 Å². The zero-order chi connectivity index (χ0) is 10.5. The van der Waals surface area contributed by atoms with Crippen LogP contribution in [0.5, 0.6) is 0 Å².